The third-order valence-electron chi connectivity index (χ3n) is 2.66. The molecule has 0 unspecified atom stereocenters. The lowest BCUT2D eigenvalue weighted by molar-refractivity contribution is -0.139. The van der Waals surface area contributed by atoms with Crippen LogP contribution in [0, 0.1) is 5.82 Å². The summed E-state index contributed by atoms with van der Waals surface area (Å²) in [5.41, 5.74) is -1.36. The van der Waals surface area contributed by atoms with Crippen molar-refractivity contribution in [1.29, 1.82) is 0 Å². The number of hydrogen-bond donors (Lipinski definition) is 0. The van der Waals surface area contributed by atoms with E-state index >= 15 is 0 Å². The van der Waals surface area contributed by atoms with Gasteiger partial charge < -0.3 is 0 Å². The number of rotatable bonds is 2. The Labute approximate surface area is 122 Å². The summed E-state index contributed by atoms with van der Waals surface area (Å²) >= 11 is 5.50. The molecule has 0 saturated heterocycles. The largest absolute Gasteiger partial charge is 0.417 e. The first kappa shape index (κ1) is 15.8. The standard InChI is InChI=1S/C13H7ClF4O2S/c14-8-1-6-12(11(7-8)13(16,17)18)21(19,20)10-4-2-9(15)3-5-10/h1-7H. The third-order valence-corrected chi connectivity index (χ3v) is 4.72. The molecule has 0 aliphatic carbocycles. The molecular formula is C13H7ClF4O2S. The maximum Gasteiger partial charge on any atom is 0.417 e. The van der Waals surface area contributed by atoms with Gasteiger partial charge in [-0.3, -0.25) is 0 Å². The van der Waals surface area contributed by atoms with Crippen molar-refractivity contribution in [2.45, 2.75) is 16.0 Å². The van der Waals surface area contributed by atoms with Crippen LogP contribution in [0.3, 0.4) is 0 Å². The molecule has 0 amide bonds. The molecule has 21 heavy (non-hydrogen) atoms. The van der Waals surface area contributed by atoms with E-state index in [9.17, 15) is 26.0 Å². The van der Waals surface area contributed by atoms with Gasteiger partial charge in [-0.05, 0) is 42.5 Å². The Morgan fingerprint density at radius 2 is 1.52 bits per heavy atom. The number of alkyl halides is 3. The highest BCUT2D eigenvalue weighted by atomic mass is 35.5. The second kappa shape index (κ2) is 5.31. The highest BCUT2D eigenvalue weighted by Crippen LogP contribution is 2.37. The number of halogens is 5. The summed E-state index contributed by atoms with van der Waals surface area (Å²) in [6.07, 6.45) is -4.88. The van der Waals surface area contributed by atoms with Gasteiger partial charge in [0.15, 0.2) is 0 Å². The first-order valence-corrected chi connectivity index (χ1v) is 7.36. The number of benzene rings is 2. The second-order valence-corrected chi connectivity index (χ2v) is 6.45. The molecule has 2 aromatic rings. The molecule has 0 spiro atoms. The summed E-state index contributed by atoms with van der Waals surface area (Å²) in [6, 6.07) is 5.89. The van der Waals surface area contributed by atoms with Crippen molar-refractivity contribution >= 4 is 21.4 Å². The highest BCUT2D eigenvalue weighted by Gasteiger charge is 2.37. The maximum absolute atomic E-state index is 13.0. The minimum absolute atomic E-state index is 0.236. The van der Waals surface area contributed by atoms with Gasteiger partial charge in [0.2, 0.25) is 9.84 Å². The molecule has 0 fully saturated rings. The Balaban J connectivity index is 2.68. The third kappa shape index (κ3) is 3.19. The molecular weight excluding hydrogens is 332 g/mol. The van der Waals surface area contributed by atoms with Crippen LogP contribution in [0.25, 0.3) is 0 Å². The molecule has 0 radical (unpaired) electrons. The summed E-state index contributed by atoms with van der Waals surface area (Å²) < 4.78 is 76.2. The summed E-state index contributed by atoms with van der Waals surface area (Å²) in [5.74, 6) is -0.693. The van der Waals surface area contributed by atoms with Crippen LogP contribution < -0.4 is 0 Å². The fraction of sp³-hybridized carbons (Fsp3) is 0.0769. The molecule has 0 N–H and O–H groups in total. The van der Waals surface area contributed by atoms with E-state index in [-0.39, 0.29) is 5.02 Å². The number of hydrogen-bond acceptors (Lipinski definition) is 2. The minimum Gasteiger partial charge on any atom is -0.218 e. The highest BCUT2D eigenvalue weighted by molar-refractivity contribution is 7.91. The van der Waals surface area contributed by atoms with Gasteiger partial charge in [0, 0.05) is 5.02 Å². The molecule has 0 aliphatic rings. The summed E-state index contributed by atoms with van der Waals surface area (Å²) in [7, 11) is -4.43. The Morgan fingerprint density at radius 1 is 0.952 bits per heavy atom. The van der Waals surface area contributed by atoms with Crippen molar-refractivity contribution in [3.05, 3.63) is 58.9 Å². The lowest BCUT2D eigenvalue weighted by Crippen LogP contribution is -2.13. The van der Waals surface area contributed by atoms with Gasteiger partial charge >= 0.3 is 6.18 Å². The van der Waals surface area contributed by atoms with E-state index in [4.69, 9.17) is 11.6 Å². The molecule has 2 aromatic carbocycles. The van der Waals surface area contributed by atoms with E-state index < -0.39 is 37.2 Å². The number of sulfone groups is 1. The van der Waals surface area contributed by atoms with Crippen LogP contribution in [-0.4, -0.2) is 8.42 Å². The van der Waals surface area contributed by atoms with Crippen molar-refractivity contribution in [3.63, 3.8) is 0 Å². The van der Waals surface area contributed by atoms with Crippen molar-refractivity contribution in [1.82, 2.24) is 0 Å². The van der Waals surface area contributed by atoms with E-state index in [2.05, 4.69) is 0 Å². The van der Waals surface area contributed by atoms with Gasteiger partial charge in [-0.2, -0.15) is 13.2 Å². The zero-order chi connectivity index (χ0) is 15.8. The van der Waals surface area contributed by atoms with Gasteiger partial charge in [0.05, 0.1) is 15.4 Å². The average molecular weight is 339 g/mol. The smallest absolute Gasteiger partial charge is 0.218 e. The molecule has 0 atom stereocenters. The Bertz CT molecular complexity index is 768. The molecule has 0 aliphatic heterocycles. The predicted molar refractivity (Wildman–Crippen MR) is 68.3 cm³/mol. The van der Waals surface area contributed by atoms with E-state index in [1.165, 1.54) is 0 Å². The normalized spacial score (nSPS) is 12.4. The van der Waals surface area contributed by atoms with Crippen molar-refractivity contribution in [2.75, 3.05) is 0 Å². The summed E-state index contributed by atoms with van der Waals surface area (Å²) in [4.78, 5) is -1.36. The fourth-order valence-electron chi connectivity index (χ4n) is 1.70. The first-order valence-electron chi connectivity index (χ1n) is 5.50. The second-order valence-electron chi connectivity index (χ2n) is 4.10. The van der Waals surface area contributed by atoms with E-state index in [0.717, 1.165) is 36.4 Å². The Hall–Kier alpha value is -1.60. The monoisotopic (exact) mass is 338 g/mol. The summed E-state index contributed by atoms with van der Waals surface area (Å²) in [6.45, 7) is 0. The molecule has 2 rings (SSSR count). The molecule has 2 nitrogen and oxygen atoms in total. The Kier molecular flexibility index (Phi) is 3.99. The predicted octanol–water partition coefficient (Wildman–Crippen LogP) is 4.33. The van der Waals surface area contributed by atoms with Crippen molar-refractivity contribution in [2.24, 2.45) is 0 Å². The lowest BCUT2D eigenvalue weighted by atomic mass is 10.2. The van der Waals surface area contributed by atoms with Crippen molar-refractivity contribution in [3.8, 4) is 0 Å². The van der Waals surface area contributed by atoms with Gasteiger partial charge in [-0.15, -0.1) is 0 Å². The van der Waals surface area contributed by atoms with Crippen molar-refractivity contribution < 1.29 is 26.0 Å². The van der Waals surface area contributed by atoms with Gasteiger partial charge in [-0.25, -0.2) is 12.8 Å². The minimum atomic E-state index is -4.88. The topological polar surface area (TPSA) is 34.1 Å². The SMILES string of the molecule is O=S(=O)(c1ccc(F)cc1)c1ccc(Cl)cc1C(F)(F)F. The van der Waals surface area contributed by atoms with Crippen LogP contribution in [0.5, 0.6) is 0 Å². The Morgan fingerprint density at radius 3 is 2.05 bits per heavy atom. The molecule has 0 aromatic heterocycles. The summed E-state index contributed by atoms with van der Waals surface area (Å²) in [5, 5.41) is -0.236. The van der Waals surface area contributed by atoms with Gasteiger partial charge in [0.25, 0.3) is 0 Å². The fourth-order valence-corrected chi connectivity index (χ4v) is 3.33. The quantitative estimate of drug-likeness (QED) is 0.603. The van der Waals surface area contributed by atoms with Crippen LogP contribution in [0.2, 0.25) is 5.02 Å². The molecule has 112 valence electrons. The van der Waals surface area contributed by atoms with Crippen LogP contribution in [0.15, 0.2) is 52.3 Å². The van der Waals surface area contributed by atoms with Crippen LogP contribution in [0.4, 0.5) is 17.6 Å². The van der Waals surface area contributed by atoms with Gasteiger partial charge in [0.1, 0.15) is 5.82 Å². The van der Waals surface area contributed by atoms with Crippen LogP contribution >= 0.6 is 11.6 Å². The van der Waals surface area contributed by atoms with E-state index in [0.29, 0.717) is 6.07 Å². The maximum atomic E-state index is 13.0. The zero-order valence-electron chi connectivity index (χ0n) is 10.2. The zero-order valence-corrected chi connectivity index (χ0v) is 11.7. The molecule has 0 bridgehead atoms. The van der Waals surface area contributed by atoms with Crippen LogP contribution in [0.1, 0.15) is 5.56 Å². The van der Waals surface area contributed by atoms with E-state index in [1.54, 1.807) is 0 Å². The molecule has 0 saturated carbocycles. The average Bonchev–Trinajstić information content (AvgIpc) is 2.38. The first-order chi connectivity index (χ1) is 9.62. The van der Waals surface area contributed by atoms with E-state index in [1.807, 2.05) is 0 Å². The van der Waals surface area contributed by atoms with Gasteiger partial charge in [-0.1, -0.05) is 11.6 Å². The molecule has 0 heterocycles. The molecule has 8 heteroatoms. The lowest BCUT2D eigenvalue weighted by Gasteiger charge is -2.13. The van der Waals surface area contributed by atoms with Crippen LogP contribution in [-0.2, 0) is 16.0 Å².